The third-order valence-corrected chi connectivity index (χ3v) is 28.8. The first kappa shape index (κ1) is 64.7. The molecule has 15 aromatic carbocycles. The van der Waals surface area contributed by atoms with Crippen molar-refractivity contribution in [2.75, 3.05) is 0 Å². The molecule has 10 heterocycles. The van der Waals surface area contributed by atoms with E-state index in [4.69, 9.17) is 19.4 Å². The summed E-state index contributed by atoms with van der Waals surface area (Å²) in [6.45, 7) is 2.40. The summed E-state index contributed by atoms with van der Waals surface area (Å²) in [5.41, 5.74) is 35.3. The maximum absolute atomic E-state index is 6.76. The Morgan fingerprint density at radius 3 is 2.00 bits per heavy atom. The van der Waals surface area contributed by atoms with E-state index in [1.165, 1.54) is 147 Å². The highest BCUT2D eigenvalue weighted by Crippen LogP contribution is 2.57. The normalized spacial score (nSPS) is 17.0. The summed E-state index contributed by atoms with van der Waals surface area (Å²) in [7, 11) is 0. The highest BCUT2D eigenvalue weighted by Gasteiger charge is 2.41. The number of thiophene rings is 1. The Balaban J connectivity index is 0.538. The third kappa shape index (κ3) is 8.73. The van der Waals surface area contributed by atoms with Crippen LogP contribution >= 0.6 is 11.3 Å². The van der Waals surface area contributed by atoms with Crippen LogP contribution in [0.1, 0.15) is 71.0 Å². The maximum atomic E-state index is 6.76. The molecule has 8 nitrogen and oxygen atoms in total. The van der Waals surface area contributed by atoms with Crippen LogP contribution in [0.3, 0.4) is 0 Å². The summed E-state index contributed by atoms with van der Waals surface area (Å²) < 4.78 is 18.3. The van der Waals surface area contributed by atoms with Crippen LogP contribution in [0.15, 0.2) is 331 Å². The van der Waals surface area contributed by atoms with E-state index in [0.29, 0.717) is 5.82 Å². The van der Waals surface area contributed by atoms with Crippen LogP contribution in [0, 0.1) is 5.92 Å². The molecule has 0 saturated carbocycles. The van der Waals surface area contributed by atoms with Crippen LogP contribution < -0.4 is 0 Å². The second kappa shape index (κ2) is 23.9. The van der Waals surface area contributed by atoms with Crippen LogP contribution in [-0.4, -0.2) is 33.8 Å². The molecule has 0 saturated heterocycles. The van der Waals surface area contributed by atoms with E-state index in [-0.39, 0.29) is 23.8 Å². The van der Waals surface area contributed by atoms with Crippen LogP contribution in [0.2, 0.25) is 0 Å². The first-order valence-corrected chi connectivity index (χ1v) is 42.8. The van der Waals surface area contributed by atoms with Crippen LogP contribution in [0.4, 0.5) is 0 Å². The molecule has 23 aromatic rings. The van der Waals surface area contributed by atoms with Gasteiger partial charge in [-0.1, -0.05) is 244 Å². The number of aromatic nitrogens is 6. The fourth-order valence-electron chi connectivity index (χ4n) is 22.8. The first-order chi connectivity index (χ1) is 59.0. The molecular weight excluding hydrogens is 1470 g/mol. The molecule has 0 amide bonds. The molecule has 8 aromatic heterocycles. The predicted octanol–water partition coefficient (Wildman–Crippen LogP) is 28.8. The average Bonchev–Trinajstić information content (AvgIpc) is 1.52. The van der Waals surface area contributed by atoms with Gasteiger partial charge < -0.3 is 22.5 Å². The number of hydrogen-bond acceptors (Lipinski definition) is 5. The Morgan fingerprint density at radius 2 is 1.09 bits per heavy atom. The van der Waals surface area contributed by atoms with Crippen LogP contribution in [-0.2, 0) is 12.8 Å². The van der Waals surface area contributed by atoms with E-state index in [9.17, 15) is 0 Å². The fraction of sp³-hybridized carbons (Fsp3) is 0.0818. The molecule has 0 radical (unpaired) electrons. The number of benzene rings is 15. The number of aryl methyl sites for hydroxylation is 2. The Kier molecular flexibility index (Phi) is 13.0. The second-order valence-electron chi connectivity index (χ2n) is 33.6. The van der Waals surface area contributed by atoms with Crippen molar-refractivity contribution >= 4 is 180 Å². The van der Waals surface area contributed by atoms with Crippen molar-refractivity contribution in [1.29, 1.82) is 0 Å². The van der Waals surface area contributed by atoms with Crippen molar-refractivity contribution in [1.82, 2.24) is 28.1 Å². The molecule has 119 heavy (non-hydrogen) atoms. The number of hydrogen-bond donors (Lipinski definition) is 0. The number of nitrogens with zero attached hydrogens (tertiary/aromatic N) is 7. The minimum absolute atomic E-state index is 0.0804. The lowest BCUT2D eigenvalue weighted by molar-refractivity contribution is 0.579. The van der Waals surface area contributed by atoms with Gasteiger partial charge in [-0.3, -0.25) is 4.99 Å². The molecule has 9 heteroatoms. The number of rotatable bonds is 9. The molecular formula is C110H69N7OS. The van der Waals surface area contributed by atoms with Crippen molar-refractivity contribution < 1.29 is 4.42 Å². The summed E-state index contributed by atoms with van der Waals surface area (Å²) in [5, 5.41) is 17.6. The fourth-order valence-corrected chi connectivity index (χ4v) is 23.8. The van der Waals surface area contributed by atoms with Gasteiger partial charge >= 0.3 is 0 Å². The van der Waals surface area contributed by atoms with E-state index < -0.39 is 0 Å². The van der Waals surface area contributed by atoms with E-state index in [1.54, 1.807) is 11.3 Å². The summed E-state index contributed by atoms with van der Waals surface area (Å²) in [5.74, 6) is 1.13. The van der Waals surface area contributed by atoms with Crippen LogP contribution in [0.5, 0.6) is 0 Å². The molecule has 0 N–H and O–H groups in total. The Hall–Kier alpha value is -14.5. The molecule has 4 atom stereocenters. The van der Waals surface area contributed by atoms with Gasteiger partial charge in [0.15, 0.2) is 5.82 Å². The number of allylic oxidation sites excluding steroid dienone is 6. The average molecular weight is 1540 g/mol. The van der Waals surface area contributed by atoms with Gasteiger partial charge in [-0.05, 0) is 194 Å². The van der Waals surface area contributed by atoms with E-state index in [2.05, 4.69) is 353 Å². The molecule has 5 aliphatic rings. The lowest BCUT2D eigenvalue weighted by atomic mass is 9.72. The van der Waals surface area contributed by atoms with Crippen molar-refractivity contribution in [3.63, 3.8) is 0 Å². The summed E-state index contributed by atoms with van der Waals surface area (Å²) in [6.07, 6.45) is 17.9. The Bertz CT molecular complexity index is 8650. The van der Waals surface area contributed by atoms with Gasteiger partial charge in [-0.15, -0.1) is 11.3 Å². The van der Waals surface area contributed by atoms with Crippen molar-refractivity contribution in [2.45, 2.75) is 50.5 Å². The van der Waals surface area contributed by atoms with Gasteiger partial charge in [-0.25, -0.2) is 9.97 Å². The molecule has 0 bridgehead atoms. The van der Waals surface area contributed by atoms with E-state index >= 15 is 0 Å². The largest absolute Gasteiger partial charge is 0.456 e. The number of fused-ring (bicyclic) bond motifs is 15. The molecule has 556 valence electrons. The lowest BCUT2D eigenvalue weighted by Gasteiger charge is -2.37. The highest BCUT2D eigenvalue weighted by molar-refractivity contribution is 7.25. The van der Waals surface area contributed by atoms with Crippen molar-refractivity contribution in [2.24, 2.45) is 10.9 Å². The number of para-hydroxylation sites is 1. The second-order valence-corrected chi connectivity index (χ2v) is 34.6. The van der Waals surface area contributed by atoms with Gasteiger partial charge in [0.05, 0.1) is 78.2 Å². The minimum atomic E-state index is 0.0804. The van der Waals surface area contributed by atoms with E-state index in [0.717, 1.165) is 131 Å². The highest BCUT2D eigenvalue weighted by atomic mass is 32.1. The zero-order valence-corrected chi connectivity index (χ0v) is 65.6. The third-order valence-electron chi connectivity index (χ3n) is 27.8. The molecule has 0 spiro atoms. The summed E-state index contributed by atoms with van der Waals surface area (Å²) in [6, 6.07) is 110. The van der Waals surface area contributed by atoms with Gasteiger partial charge in [0.1, 0.15) is 16.0 Å². The number of aliphatic imine (C=N–C) groups is 1. The summed E-state index contributed by atoms with van der Waals surface area (Å²) in [4.78, 5) is 18.0. The topological polar surface area (TPSA) is 70.5 Å². The Labute approximate surface area is 686 Å². The molecule has 4 unspecified atom stereocenters. The quantitative estimate of drug-likeness (QED) is 0.145. The predicted molar refractivity (Wildman–Crippen MR) is 497 cm³/mol. The molecule has 3 aliphatic carbocycles. The number of furan rings is 1. The van der Waals surface area contributed by atoms with Crippen LogP contribution in [0.25, 0.3) is 225 Å². The lowest BCUT2D eigenvalue weighted by Crippen LogP contribution is -2.30. The van der Waals surface area contributed by atoms with Crippen molar-refractivity contribution in [3.05, 3.63) is 355 Å². The first-order valence-electron chi connectivity index (χ1n) is 42.0. The minimum Gasteiger partial charge on any atom is -0.456 e. The SMILES string of the molecule is CCC1C(n2c3ccc4c5c6c(ccc7c8ccccc8n(c8cccc2c8c53)c76)CCC4)=C(c2ccc(-c3cccc4ccc(-c5cccc(-c6ccc(-c7nc(-c8cccc(-n9c%10ccc%11oc%12ccc%13c%14c%12c%11c%10c%10c9cccc%10n%14C9C=CC=CC%139)c8)nc8sc9ccccc9c78)cc6)c5)cc34)cc2)N=C2C=Cc3ccccc3C21. The maximum Gasteiger partial charge on any atom is 0.161 e. The van der Waals surface area contributed by atoms with Gasteiger partial charge in [0.2, 0.25) is 0 Å². The smallest absolute Gasteiger partial charge is 0.161 e. The molecule has 2 aliphatic heterocycles. The zero-order valence-electron chi connectivity index (χ0n) is 64.8. The van der Waals surface area contributed by atoms with Gasteiger partial charge in [0, 0.05) is 104 Å². The van der Waals surface area contributed by atoms with E-state index in [1.807, 2.05) is 0 Å². The monoisotopic (exact) mass is 1540 g/mol. The Morgan fingerprint density at radius 1 is 0.420 bits per heavy atom. The van der Waals surface area contributed by atoms with Crippen molar-refractivity contribution in [3.8, 4) is 61.7 Å². The molecule has 28 rings (SSSR count). The standard InChI is InChI=1S/C110H69N7OS/c1-2-73-96-75-25-4-3-17-61(75)48-52-82(96)111-105(108(73)117-88-35-16-34-87-99(88)100-90(117)53-49-64-19-11-20-65-47-50-78-76-26-5-8-30-83(76)115(87)106(78)95(65)94(64)100)67-44-39-63(40-45-67)74-29-14-18-62-41-46-70(59-81(62)74)69-22-12-21-68(57-69)60-37-42-66(43-38-60)104-97-80-28-7-10-36-93(80)119-110(97)113-109(112-104)71-23-13-24-72(58-71)114-85-32-15-33-86-98(85)101-89(114)54-56-91-102(101)103-92(118-91)55-51-79-77-27-6-9-31-84(77)116(86)107(79)103/h3-10,12-18,21-59,73,77,84,96H,2,11,19-20H2,1H3. The van der Waals surface area contributed by atoms with Gasteiger partial charge in [0.25, 0.3) is 0 Å². The van der Waals surface area contributed by atoms with Gasteiger partial charge in [-0.2, -0.15) is 0 Å². The zero-order chi connectivity index (χ0) is 77.3. The summed E-state index contributed by atoms with van der Waals surface area (Å²) >= 11 is 1.73. The molecule has 0 fully saturated rings.